The molecule has 2 rings (SSSR count). The smallest absolute Gasteiger partial charge is 0.287 e. The molecule has 0 saturated carbocycles. The lowest BCUT2D eigenvalue weighted by molar-refractivity contribution is -0.385. The number of nitrogens with one attached hydrogen (secondary N) is 2. The minimum atomic E-state index is -0.472. The molecule has 0 atom stereocenters. The van der Waals surface area contributed by atoms with Crippen molar-refractivity contribution in [3.63, 3.8) is 0 Å². The lowest BCUT2D eigenvalue weighted by Gasteiger charge is -2.14. The molecule has 120 valence electrons. The van der Waals surface area contributed by atoms with Crippen LogP contribution in [0.15, 0.2) is 24.4 Å². The maximum absolute atomic E-state index is 11.2. The molecule has 23 heavy (non-hydrogen) atoms. The van der Waals surface area contributed by atoms with Gasteiger partial charge in [-0.3, -0.25) is 14.9 Å². The quantitative estimate of drug-likeness (QED) is 0.663. The molecule has 0 radical (unpaired) electrons. The van der Waals surface area contributed by atoms with E-state index < -0.39 is 4.92 Å². The number of nitrogens with zero attached hydrogens (tertiary/aromatic N) is 2. The summed E-state index contributed by atoms with van der Waals surface area (Å²) < 4.78 is 0. The number of benzene rings is 1. The third-order valence-electron chi connectivity index (χ3n) is 3.37. The van der Waals surface area contributed by atoms with Crippen molar-refractivity contribution in [2.45, 2.75) is 27.7 Å². The molecule has 0 fully saturated rings. The van der Waals surface area contributed by atoms with Crippen molar-refractivity contribution in [3.8, 4) is 0 Å². The molecule has 1 amide bonds. The van der Waals surface area contributed by atoms with E-state index in [1.165, 1.54) is 19.2 Å². The van der Waals surface area contributed by atoms with E-state index in [-0.39, 0.29) is 11.6 Å². The summed E-state index contributed by atoms with van der Waals surface area (Å²) in [5, 5.41) is 16.7. The van der Waals surface area contributed by atoms with Crippen LogP contribution in [0.2, 0.25) is 0 Å². The van der Waals surface area contributed by atoms with Crippen molar-refractivity contribution in [2.24, 2.45) is 0 Å². The van der Waals surface area contributed by atoms with Crippen LogP contribution in [-0.2, 0) is 4.79 Å². The average Bonchev–Trinajstić information content (AvgIpc) is 2.44. The largest absolute Gasteiger partial charge is 0.340 e. The summed E-state index contributed by atoms with van der Waals surface area (Å²) >= 11 is 0. The van der Waals surface area contributed by atoms with Crippen LogP contribution in [0.5, 0.6) is 0 Å². The van der Waals surface area contributed by atoms with Gasteiger partial charge in [-0.05, 0) is 49.6 Å². The number of carbonyl (C=O) groups excluding carboxylic acids is 1. The van der Waals surface area contributed by atoms with Crippen LogP contribution in [-0.4, -0.2) is 15.8 Å². The van der Waals surface area contributed by atoms with Gasteiger partial charge in [-0.1, -0.05) is 0 Å². The zero-order valence-corrected chi connectivity index (χ0v) is 13.4. The molecule has 2 aromatic rings. The van der Waals surface area contributed by atoms with Gasteiger partial charge in [0.05, 0.1) is 4.92 Å². The Morgan fingerprint density at radius 2 is 1.74 bits per heavy atom. The molecular weight excluding hydrogens is 296 g/mol. The molecule has 0 bridgehead atoms. The van der Waals surface area contributed by atoms with Gasteiger partial charge in [0.2, 0.25) is 5.91 Å². The van der Waals surface area contributed by atoms with Crippen LogP contribution in [0.25, 0.3) is 0 Å². The van der Waals surface area contributed by atoms with Crippen molar-refractivity contribution in [1.29, 1.82) is 0 Å². The molecular formula is C16H18N4O3. The van der Waals surface area contributed by atoms with E-state index in [2.05, 4.69) is 15.6 Å². The fourth-order valence-corrected chi connectivity index (χ4v) is 2.34. The molecule has 7 heteroatoms. The van der Waals surface area contributed by atoms with Crippen molar-refractivity contribution in [1.82, 2.24) is 4.98 Å². The van der Waals surface area contributed by atoms with E-state index >= 15 is 0 Å². The summed E-state index contributed by atoms with van der Waals surface area (Å²) in [7, 11) is 0. The number of aryl methyl sites for hydroxylation is 3. The second-order valence-electron chi connectivity index (χ2n) is 5.41. The van der Waals surface area contributed by atoms with Crippen molar-refractivity contribution in [3.05, 3.63) is 51.2 Å². The Balaban J connectivity index is 2.30. The first kappa shape index (κ1) is 16.4. The Labute approximate surface area is 133 Å². The minimum absolute atomic E-state index is 0.0404. The Kier molecular flexibility index (Phi) is 4.59. The fraction of sp³-hybridized carbons (Fsp3) is 0.250. The van der Waals surface area contributed by atoms with Gasteiger partial charge in [-0.2, -0.15) is 0 Å². The van der Waals surface area contributed by atoms with E-state index in [9.17, 15) is 14.9 Å². The number of anilines is 3. The second-order valence-corrected chi connectivity index (χ2v) is 5.41. The number of rotatable bonds is 4. The Hall–Kier alpha value is -2.96. The third-order valence-corrected chi connectivity index (χ3v) is 3.37. The number of carbonyl (C=O) groups is 1. The van der Waals surface area contributed by atoms with E-state index in [1.54, 1.807) is 6.92 Å². The Morgan fingerprint density at radius 1 is 1.13 bits per heavy atom. The highest BCUT2D eigenvalue weighted by molar-refractivity contribution is 5.91. The van der Waals surface area contributed by atoms with Crippen LogP contribution < -0.4 is 10.6 Å². The molecule has 0 aliphatic rings. The molecule has 2 N–H and O–H groups in total. The van der Waals surface area contributed by atoms with Crippen LogP contribution in [0.1, 0.15) is 23.6 Å². The lowest BCUT2D eigenvalue weighted by atomic mass is 10.1. The number of hydrogen-bond donors (Lipinski definition) is 2. The molecule has 0 aliphatic carbocycles. The van der Waals surface area contributed by atoms with Gasteiger partial charge in [-0.15, -0.1) is 0 Å². The number of hydrogen-bond acceptors (Lipinski definition) is 5. The molecule has 0 spiro atoms. The fourth-order valence-electron chi connectivity index (χ4n) is 2.34. The summed E-state index contributed by atoms with van der Waals surface area (Å²) in [6.45, 7) is 7.03. The monoisotopic (exact) mass is 314 g/mol. The van der Waals surface area contributed by atoms with Crippen LogP contribution in [0, 0.1) is 30.9 Å². The zero-order chi connectivity index (χ0) is 17.1. The number of pyridine rings is 1. The van der Waals surface area contributed by atoms with E-state index in [1.807, 2.05) is 26.0 Å². The predicted octanol–water partition coefficient (Wildman–Crippen LogP) is 3.62. The molecule has 0 unspecified atom stereocenters. The first-order valence-electron chi connectivity index (χ1n) is 7.05. The predicted molar refractivity (Wildman–Crippen MR) is 89.1 cm³/mol. The van der Waals surface area contributed by atoms with Crippen LogP contribution in [0.4, 0.5) is 22.9 Å². The summed E-state index contributed by atoms with van der Waals surface area (Å²) in [6.07, 6.45) is 1.22. The van der Waals surface area contributed by atoms with Gasteiger partial charge < -0.3 is 10.6 Å². The summed E-state index contributed by atoms with van der Waals surface area (Å²) in [6, 6.07) is 5.25. The lowest BCUT2D eigenvalue weighted by Crippen LogP contribution is -2.09. The highest BCUT2D eigenvalue weighted by Gasteiger charge is 2.11. The number of nitro groups is 1. The van der Waals surface area contributed by atoms with Gasteiger partial charge in [0.25, 0.3) is 5.69 Å². The minimum Gasteiger partial charge on any atom is -0.340 e. The zero-order valence-electron chi connectivity index (χ0n) is 13.4. The first-order valence-corrected chi connectivity index (χ1v) is 7.05. The topological polar surface area (TPSA) is 97.2 Å². The molecule has 1 aromatic carbocycles. The number of amides is 1. The summed E-state index contributed by atoms with van der Waals surface area (Å²) in [5.74, 6) is 0.437. The SMILES string of the molecule is CC(=O)Nc1c(C)cc(Nc2ncc([N+](=O)[O-])cc2C)cc1C. The molecule has 1 aromatic heterocycles. The molecule has 0 saturated heterocycles. The second kappa shape index (κ2) is 6.43. The van der Waals surface area contributed by atoms with Gasteiger partial charge in [-0.25, -0.2) is 4.98 Å². The maximum Gasteiger partial charge on any atom is 0.287 e. The van der Waals surface area contributed by atoms with E-state index in [4.69, 9.17) is 0 Å². The van der Waals surface area contributed by atoms with Crippen LogP contribution in [0.3, 0.4) is 0 Å². The summed E-state index contributed by atoms with van der Waals surface area (Å²) in [5.41, 5.74) is 4.07. The highest BCUT2D eigenvalue weighted by atomic mass is 16.6. The Bertz CT molecular complexity index is 764. The standard InChI is InChI=1S/C16H18N4O3/c1-9-5-13(6-10(2)15(9)18-12(4)21)19-16-11(3)7-14(8-17-16)20(22)23/h5-8H,1-4H3,(H,17,19)(H,18,21). The molecule has 0 aliphatic heterocycles. The van der Waals surface area contributed by atoms with E-state index in [0.29, 0.717) is 11.4 Å². The molecule has 1 heterocycles. The first-order chi connectivity index (χ1) is 10.8. The molecule has 7 nitrogen and oxygen atoms in total. The van der Waals surface area contributed by atoms with Gasteiger partial charge in [0.1, 0.15) is 12.0 Å². The van der Waals surface area contributed by atoms with E-state index in [0.717, 1.165) is 22.5 Å². The van der Waals surface area contributed by atoms with Gasteiger partial charge >= 0.3 is 0 Å². The van der Waals surface area contributed by atoms with Crippen molar-refractivity contribution in [2.75, 3.05) is 10.6 Å². The van der Waals surface area contributed by atoms with Crippen molar-refractivity contribution < 1.29 is 9.72 Å². The maximum atomic E-state index is 11.2. The number of aromatic nitrogens is 1. The van der Waals surface area contributed by atoms with Crippen LogP contribution >= 0.6 is 0 Å². The summed E-state index contributed by atoms with van der Waals surface area (Å²) in [4.78, 5) is 25.6. The highest BCUT2D eigenvalue weighted by Crippen LogP contribution is 2.28. The van der Waals surface area contributed by atoms with Gasteiger partial charge in [0, 0.05) is 24.4 Å². The third kappa shape index (κ3) is 3.82. The van der Waals surface area contributed by atoms with Crippen molar-refractivity contribution >= 4 is 28.8 Å². The Morgan fingerprint density at radius 3 is 2.22 bits per heavy atom. The average molecular weight is 314 g/mol. The van der Waals surface area contributed by atoms with Gasteiger partial charge in [0.15, 0.2) is 0 Å². The normalized spacial score (nSPS) is 10.3.